The Hall–Kier alpha value is -2.40. The summed E-state index contributed by atoms with van der Waals surface area (Å²) in [6, 6.07) is 0. The van der Waals surface area contributed by atoms with Gasteiger partial charge in [-0.25, -0.2) is 0 Å². The van der Waals surface area contributed by atoms with Gasteiger partial charge >= 0.3 is 0 Å². The highest BCUT2D eigenvalue weighted by Gasteiger charge is 2.06. The molecular weight excluding hydrogens is 1740 g/mol. The van der Waals surface area contributed by atoms with Gasteiger partial charge in [0.2, 0.25) is 0 Å². The third-order valence-electron chi connectivity index (χ3n) is 27.1. The van der Waals surface area contributed by atoms with E-state index < -0.39 is 0 Å². The molecule has 852 valence electrons. The molecule has 0 spiro atoms. The second-order valence-electron chi connectivity index (χ2n) is 43.0. The molecule has 8 atom stereocenters. The Morgan fingerprint density at radius 2 is 0.261 bits per heavy atom. The minimum Gasteiger partial charge on any atom is -0.393 e. The van der Waals surface area contributed by atoms with Crippen LogP contribution in [0.5, 0.6) is 0 Å². The van der Waals surface area contributed by atoms with Crippen molar-refractivity contribution in [3.63, 3.8) is 0 Å². The normalized spacial score (nSPS) is 13.3. The average Bonchev–Trinajstić information content (AvgIpc) is 1.07. The highest BCUT2D eigenvalue weighted by Crippen LogP contribution is 2.21. The molecule has 0 aliphatic heterocycles. The summed E-state index contributed by atoms with van der Waals surface area (Å²) in [4.78, 5) is 0. The lowest BCUT2D eigenvalue weighted by atomic mass is 10.0. The van der Waals surface area contributed by atoms with Gasteiger partial charge in [-0.15, -0.1) is 0 Å². The van der Waals surface area contributed by atoms with Crippen LogP contribution in [0, 0.1) is 0 Å². The average molecular weight is 2010 g/mol. The van der Waals surface area contributed by atoms with E-state index in [-0.39, 0.29) is 48.8 Å². The second-order valence-corrected chi connectivity index (χ2v) is 43.0. The maximum absolute atomic E-state index is 9.44. The Morgan fingerprint density at radius 1 is 0.134 bits per heavy atom. The summed E-state index contributed by atoms with van der Waals surface area (Å²) in [6.45, 7) is 33.5. The lowest BCUT2D eigenvalue weighted by Crippen LogP contribution is -2.03. The minimum atomic E-state index is -0.335. The van der Waals surface area contributed by atoms with Gasteiger partial charge in [-0.05, 0) is 202 Å². The molecule has 0 fully saturated rings. The molecule has 7 unspecified atom stereocenters. The summed E-state index contributed by atoms with van der Waals surface area (Å²) in [5.74, 6) is 0. The van der Waals surface area contributed by atoms with Crippen LogP contribution >= 0.6 is 0 Å². The Balaban J connectivity index is -0.000000241. The smallest absolute Gasteiger partial charge is 0.0692 e. The number of aliphatic hydroxyl groups excluding tert-OH is 8. The van der Waals surface area contributed by atoms with E-state index in [1.807, 2.05) is 40.7 Å². The van der Waals surface area contributed by atoms with Crippen LogP contribution in [0.15, 0.2) is 97.2 Å². The molecule has 0 saturated carbocycles. The molecule has 0 amide bonds. The Bertz CT molecular complexity index is 2310. The lowest BCUT2D eigenvalue weighted by molar-refractivity contribution is 0.156. The fourth-order valence-corrected chi connectivity index (χ4v) is 17.0. The van der Waals surface area contributed by atoms with Crippen LogP contribution in [0.3, 0.4) is 0 Å². The van der Waals surface area contributed by atoms with Crippen molar-refractivity contribution < 1.29 is 40.9 Å². The number of hydrogen-bond donors (Lipinski definition) is 8. The number of rotatable bonds is 102. The topological polar surface area (TPSA) is 162 Å². The summed E-state index contributed by atoms with van der Waals surface area (Å²) in [5, 5.41) is 73.7. The first kappa shape index (κ1) is 155. The molecule has 0 aromatic rings. The van der Waals surface area contributed by atoms with Gasteiger partial charge in [0, 0.05) is 0 Å². The Kier molecular flexibility index (Phi) is 165. The summed E-state index contributed by atoms with van der Waals surface area (Å²) >= 11 is 0. The van der Waals surface area contributed by atoms with Gasteiger partial charge in [0.05, 0.1) is 48.8 Å². The van der Waals surface area contributed by atoms with Gasteiger partial charge < -0.3 is 40.9 Å². The third-order valence-corrected chi connectivity index (χ3v) is 27.1. The summed E-state index contributed by atoms with van der Waals surface area (Å²) < 4.78 is 0. The SMILES string of the molecule is CCCC/C=C\C/C=C\C/C=C\C/C=C\C(C)O.CCCC/C=C\C/C=C\CCCCCC[C@@H](C)O.CCCCCCC/C=C\CCCCC(C)O.CCCCCCC/C=C\CCCCCC(O)CC.CCCCCCCCCCCCCC(O)CC.CCCCCCCCCCCCCCC(C)O.CCCCCCCCCCCCCCCC(O)CC.CCCCCCCCCCCCCCCCC(C)O. The first-order valence-electron chi connectivity index (χ1n) is 63.9. The first-order valence-corrected chi connectivity index (χ1v) is 63.9. The molecule has 0 aromatic carbocycles. The molecule has 8 nitrogen and oxygen atoms in total. The number of unbranched alkanes of at least 4 members (excludes halogenated alkanes) is 69. The van der Waals surface area contributed by atoms with Crippen molar-refractivity contribution in [3.8, 4) is 0 Å². The van der Waals surface area contributed by atoms with Crippen LogP contribution in [-0.4, -0.2) is 89.7 Å². The number of allylic oxidation sites excluding steroid dienone is 15. The van der Waals surface area contributed by atoms with E-state index in [9.17, 15) is 15.3 Å². The van der Waals surface area contributed by atoms with Gasteiger partial charge in [-0.1, -0.05) is 610 Å². The van der Waals surface area contributed by atoms with Gasteiger partial charge in [0.1, 0.15) is 0 Å². The highest BCUT2D eigenvalue weighted by atomic mass is 16.3. The van der Waals surface area contributed by atoms with Crippen molar-refractivity contribution in [1.29, 1.82) is 0 Å². The van der Waals surface area contributed by atoms with Crippen LogP contribution < -0.4 is 0 Å². The Morgan fingerprint density at radius 3 is 0.437 bits per heavy atom. The maximum Gasteiger partial charge on any atom is 0.0692 e. The molecule has 0 radical (unpaired) electrons. The minimum absolute atomic E-state index is 0.0476. The van der Waals surface area contributed by atoms with Crippen LogP contribution in [0.25, 0.3) is 0 Å². The van der Waals surface area contributed by atoms with Crippen LogP contribution in [0.1, 0.15) is 714 Å². The summed E-state index contributed by atoms with van der Waals surface area (Å²) in [7, 11) is 0. The molecule has 0 aromatic heterocycles. The van der Waals surface area contributed by atoms with E-state index in [0.717, 1.165) is 96.3 Å². The van der Waals surface area contributed by atoms with E-state index in [2.05, 4.69) is 154 Å². The predicted octanol–water partition coefficient (Wildman–Crippen LogP) is 44.2. The van der Waals surface area contributed by atoms with Gasteiger partial charge in [-0.2, -0.15) is 0 Å². The molecule has 0 bridgehead atoms. The summed E-state index contributed by atoms with van der Waals surface area (Å²) in [5.41, 5.74) is 0. The predicted molar refractivity (Wildman–Crippen MR) is 646 cm³/mol. The largest absolute Gasteiger partial charge is 0.393 e. The van der Waals surface area contributed by atoms with Crippen molar-refractivity contribution in [1.82, 2.24) is 0 Å². The fourth-order valence-electron chi connectivity index (χ4n) is 17.0. The zero-order valence-corrected chi connectivity index (χ0v) is 99.9. The Labute approximate surface area is 895 Å². The molecule has 0 rings (SSSR count). The molecule has 142 heavy (non-hydrogen) atoms. The van der Waals surface area contributed by atoms with Gasteiger partial charge in [0.25, 0.3) is 0 Å². The monoisotopic (exact) mass is 2010 g/mol. The zero-order chi connectivity index (χ0) is 106. The quantitative estimate of drug-likeness (QED) is 0.0221. The van der Waals surface area contributed by atoms with E-state index in [0.29, 0.717) is 0 Å². The van der Waals surface area contributed by atoms with Gasteiger partial charge in [0.15, 0.2) is 0 Å². The van der Waals surface area contributed by atoms with E-state index in [1.165, 1.54) is 507 Å². The highest BCUT2D eigenvalue weighted by molar-refractivity contribution is 5.00. The molecule has 8 N–H and O–H groups in total. The molecule has 0 saturated heterocycles. The number of hydrogen-bond acceptors (Lipinski definition) is 8. The standard InChI is InChI=1S/2C18H38O.C17H32O.C17H28O.C17H34O.2C16H34O.C15H30O/c1-3-4-5-6-7-8-9-10-11-12-13-14-15-16-17-18(2)19;1-3-5-6-7-8-9-10-11-12-13-14-15-16-17-18(19)4-2;2*1-3-4-5-6-7-8-9-10-11-12-13-14-15-16-17(2)18;1-3-5-6-7-8-9-10-11-12-13-14-15-16-17(18)4-2;1-3-4-5-6-7-8-9-10-11-12-13-14-15-16(2)17;1-3-5-6-7-8-9-10-11-12-13-14-15-16(17)4-2;1-3-4-5-6-7-8-9-10-11-12-13-14-15(2)16/h2*18-19H,3-17H2,1-2H3;6-7,9-10,17-18H,3-5,8,11-16H2,1-2H3;6-7,9-10,12-13,15-18H,3-5,8,11,14H2,1-2H3;10-11,17-18H,3-9,12-16H2,1-2H3;2*16-17H,3-15H2,1-2H3;9-10,15-16H,3-8,11-14H2,1-2H3/b;;7-6-,10-9-;7-6-,10-9-,13-12-,16-15-;11-10-;;;10-9-/t;;17-;;;;;/m..1...../s1. The van der Waals surface area contributed by atoms with E-state index in [1.54, 1.807) is 13.0 Å². The lowest BCUT2D eigenvalue weighted by Gasteiger charge is -2.06. The number of aliphatic hydroxyl groups is 8. The van der Waals surface area contributed by atoms with Crippen molar-refractivity contribution in [2.24, 2.45) is 0 Å². The van der Waals surface area contributed by atoms with E-state index in [4.69, 9.17) is 25.5 Å². The molecule has 0 aliphatic rings. The van der Waals surface area contributed by atoms with E-state index >= 15 is 0 Å². The molecular formula is C134H268O8. The maximum atomic E-state index is 9.44. The van der Waals surface area contributed by atoms with Crippen LogP contribution in [0.4, 0.5) is 0 Å². The molecule has 0 aliphatic carbocycles. The van der Waals surface area contributed by atoms with Crippen LogP contribution in [-0.2, 0) is 0 Å². The third kappa shape index (κ3) is 183. The van der Waals surface area contributed by atoms with Crippen LogP contribution in [0.2, 0.25) is 0 Å². The fraction of sp³-hybridized carbons (Fsp3) is 0.881. The molecule has 8 heteroatoms. The second kappa shape index (κ2) is 152. The molecule has 0 heterocycles. The zero-order valence-electron chi connectivity index (χ0n) is 99.9. The van der Waals surface area contributed by atoms with Crippen molar-refractivity contribution in [2.75, 3.05) is 0 Å². The van der Waals surface area contributed by atoms with Crippen molar-refractivity contribution in [2.45, 2.75) is 763 Å². The van der Waals surface area contributed by atoms with Crippen molar-refractivity contribution in [3.05, 3.63) is 97.2 Å². The summed E-state index contributed by atoms with van der Waals surface area (Å²) in [6.07, 6.45) is 156. The van der Waals surface area contributed by atoms with Crippen molar-refractivity contribution >= 4 is 0 Å². The first-order chi connectivity index (χ1) is 69.3. The van der Waals surface area contributed by atoms with Gasteiger partial charge in [-0.3, -0.25) is 0 Å².